The van der Waals surface area contributed by atoms with Crippen molar-refractivity contribution in [2.24, 2.45) is 0 Å². The van der Waals surface area contributed by atoms with Crippen molar-refractivity contribution in [2.75, 3.05) is 19.6 Å². The summed E-state index contributed by atoms with van der Waals surface area (Å²) in [5.41, 5.74) is -0.455. The zero-order chi connectivity index (χ0) is 15.5. The van der Waals surface area contributed by atoms with Crippen molar-refractivity contribution in [1.29, 1.82) is 0 Å². The fourth-order valence-electron chi connectivity index (χ4n) is 2.82. The van der Waals surface area contributed by atoms with Crippen LogP contribution in [0, 0.1) is 0 Å². The Bertz CT molecular complexity index is 386. The number of amides is 1. The van der Waals surface area contributed by atoms with Crippen molar-refractivity contribution >= 4 is 18.7 Å². The Morgan fingerprint density at radius 1 is 1.24 bits per heavy atom. The average molecular weight is 312 g/mol. The number of rotatable bonds is 2. The fourth-order valence-corrected chi connectivity index (χ4v) is 3.14. The molecule has 2 atom stereocenters. The van der Waals surface area contributed by atoms with Gasteiger partial charge in [0.05, 0.1) is 6.04 Å². The van der Waals surface area contributed by atoms with Crippen LogP contribution >= 0.6 is 12.6 Å². The molecule has 0 saturated carbocycles. The molecule has 0 aliphatic carbocycles. The largest absolute Gasteiger partial charge is 0.444 e. The van der Waals surface area contributed by atoms with Crippen LogP contribution in [0.4, 0.5) is 4.79 Å². The summed E-state index contributed by atoms with van der Waals surface area (Å²) < 4.78 is 5.53. The highest BCUT2D eigenvalue weighted by atomic mass is 32.1. The van der Waals surface area contributed by atoms with E-state index in [0.717, 1.165) is 25.9 Å². The van der Waals surface area contributed by atoms with E-state index in [1.54, 1.807) is 0 Å². The lowest BCUT2D eigenvalue weighted by atomic mass is 10.0. The second-order valence-corrected chi connectivity index (χ2v) is 7.75. The van der Waals surface area contributed by atoms with Gasteiger partial charge in [0, 0.05) is 24.9 Å². The Morgan fingerprint density at radius 3 is 2.52 bits per heavy atom. The summed E-state index contributed by atoms with van der Waals surface area (Å²) in [5, 5.41) is 0.244. The number of piperidine rings is 1. The summed E-state index contributed by atoms with van der Waals surface area (Å²) in [4.78, 5) is 16.6. The van der Waals surface area contributed by atoms with Crippen LogP contribution in [-0.2, 0) is 4.74 Å². The molecule has 0 spiro atoms. The van der Waals surface area contributed by atoms with E-state index in [1.807, 2.05) is 25.7 Å². The highest BCUT2D eigenvalue weighted by molar-refractivity contribution is 7.81. The predicted octanol–water partition coefficient (Wildman–Crippen LogP) is 3.29. The number of likely N-dealkylation sites (tertiary alicyclic amines) is 2. The first-order valence-electron chi connectivity index (χ1n) is 7.95. The standard InChI is InChI=1S/C16H28N2O2S/c1-16(2,3)20-15(19)18-12-14(21)7-6-13(18)8-11-17-9-4-5-10-17/h8,11,13-14,21H,4-7,9-10,12H2,1-3H3/b11-8+. The maximum atomic E-state index is 12.4. The zero-order valence-electron chi connectivity index (χ0n) is 13.4. The third kappa shape index (κ3) is 5.13. The number of hydrogen-bond donors (Lipinski definition) is 1. The van der Waals surface area contributed by atoms with E-state index in [9.17, 15) is 4.79 Å². The maximum Gasteiger partial charge on any atom is 0.410 e. The van der Waals surface area contributed by atoms with Gasteiger partial charge in [-0.3, -0.25) is 0 Å². The average Bonchev–Trinajstić information content (AvgIpc) is 2.88. The monoisotopic (exact) mass is 312 g/mol. The van der Waals surface area contributed by atoms with E-state index >= 15 is 0 Å². The molecule has 2 saturated heterocycles. The molecule has 0 radical (unpaired) electrons. The van der Waals surface area contributed by atoms with Crippen molar-refractivity contribution in [2.45, 2.75) is 63.3 Å². The van der Waals surface area contributed by atoms with Crippen molar-refractivity contribution in [3.05, 3.63) is 12.3 Å². The molecule has 4 nitrogen and oxygen atoms in total. The van der Waals surface area contributed by atoms with Crippen LogP contribution in [0.15, 0.2) is 12.3 Å². The van der Waals surface area contributed by atoms with E-state index in [1.165, 1.54) is 12.8 Å². The summed E-state index contributed by atoms with van der Waals surface area (Å²) in [5.74, 6) is 0. The Kier molecular flexibility index (Phi) is 5.47. The Morgan fingerprint density at radius 2 is 1.90 bits per heavy atom. The molecule has 2 rings (SSSR count). The molecule has 2 heterocycles. The van der Waals surface area contributed by atoms with Crippen molar-refractivity contribution in [1.82, 2.24) is 9.80 Å². The number of nitrogens with zero attached hydrogens (tertiary/aromatic N) is 2. The summed E-state index contributed by atoms with van der Waals surface area (Å²) in [6, 6.07) is 0.129. The van der Waals surface area contributed by atoms with Crippen molar-refractivity contribution in [3.63, 3.8) is 0 Å². The second kappa shape index (κ2) is 6.95. The highest BCUT2D eigenvalue weighted by Gasteiger charge is 2.32. The van der Waals surface area contributed by atoms with Gasteiger partial charge in [-0.1, -0.05) is 0 Å². The van der Waals surface area contributed by atoms with Crippen LogP contribution in [0.1, 0.15) is 46.5 Å². The molecule has 0 aromatic heterocycles. The lowest BCUT2D eigenvalue weighted by Crippen LogP contribution is -2.48. The zero-order valence-corrected chi connectivity index (χ0v) is 14.3. The second-order valence-electron chi connectivity index (χ2n) is 7.02. The molecule has 120 valence electrons. The number of thiol groups is 1. The fraction of sp³-hybridized carbons (Fsp3) is 0.812. The molecule has 5 heteroatoms. The molecule has 21 heavy (non-hydrogen) atoms. The Hall–Kier alpha value is -0.840. The van der Waals surface area contributed by atoms with Gasteiger partial charge in [-0.15, -0.1) is 0 Å². The third-order valence-electron chi connectivity index (χ3n) is 3.89. The first kappa shape index (κ1) is 16.5. The first-order valence-corrected chi connectivity index (χ1v) is 8.47. The molecular formula is C16H28N2O2S. The van der Waals surface area contributed by atoms with Gasteiger partial charge in [0.2, 0.25) is 0 Å². The first-order chi connectivity index (χ1) is 9.85. The SMILES string of the molecule is CC(C)(C)OC(=O)N1CC(S)CCC1/C=C/N1CCCC1. The minimum absolute atomic E-state index is 0.129. The van der Waals surface area contributed by atoms with Crippen LogP contribution < -0.4 is 0 Å². The number of carbonyl (C=O) groups is 1. The molecule has 2 aliphatic heterocycles. The molecular weight excluding hydrogens is 284 g/mol. The normalized spacial score (nSPS) is 27.4. The quantitative estimate of drug-likeness (QED) is 0.794. The Balaban J connectivity index is 2.00. The van der Waals surface area contributed by atoms with Gasteiger partial charge in [-0.2, -0.15) is 12.6 Å². The van der Waals surface area contributed by atoms with Gasteiger partial charge in [-0.05, 0) is 58.7 Å². The van der Waals surface area contributed by atoms with Crippen molar-refractivity contribution in [3.8, 4) is 0 Å². The molecule has 2 aliphatic rings. The highest BCUT2D eigenvalue weighted by Crippen LogP contribution is 2.24. The molecule has 0 aromatic rings. The maximum absolute atomic E-state index is 12.4. The minimum Gasteiger partial charge on any atom is -0.444 e. The predicted molar refractivity (Wildman–Crippen MR) is 88.7 cm³/mol. The van der Waals surface area contributed by atoms with E-state index in [2.05, 4.69) is 29.8 Å². The number of hydrogen-bond acceptors (Lipinski definition) is 4. The summed E-state index contributed by atoms with van der Waals surface area (Å²) in [6.45, 7) is 8.63. The van der Waals surface area contributed by atoms with Gasteiger partial charge in [0.1, 0.15) is 5.60 Å². The summed E-state index contributed by atoms with van der Waals surface area (Å²) >= 11 is 4.54. The topological polar surface area (TPSA) is 32.8 Å². The van der Waals surface area contributed by atoms with E-state index in [0.29, 0.717) is 6.54 Å². The molecule has 0 aromatic carbocycles. The van der Waals surface area contributed by atoms with Gasteiger partial charge in [0.25, 0.3) is 0 Å². The molecule has 1 amide bonds. The number of carbonyl (C=O) groups excluding carboxylic acids is 1. The van der Waals surface area contributed by atoms with Crippen molar-refractivity contribution < 1.29 is 9.53 Å². The lowest BCUT2D eigenvalue weighted by Gasteiger charge is -2.37. The molecule has 2 unspecified atom stereocenters. The van der Waals surface area contributed by atoms with Crippen LogP contribution in [-0.4, -0.2) is 52.4 Å². The van der Waals surface area contributed by atoms with Crippen LogP contribution in [0.3, 0.4) is 0 Å². The van der Waals surface area contributed by atoms with Gasteiger partial charge in [-0.25, -0.2) is 4.79 Å². The minimum atomic E-state index is -0.455. The van der Waals surface area contributed by atoms with Crippen LogP contribution in [0.5, 0.6) is 0 Å². The molecule has 0 bridgehead atoms. The smallest absolute Gasteiger partial charge is 0.410 e. The van der Waals surface area contributed by atoms with Crippen LogP contribution in [0.2, 0.25) is 0 Å². The summed E-state index contributed by atoms with van der Waals surface area (Å²) in [6.07, 6.45) is 8.63. The van der Waals surface area contributed by atoms with E-state index in [-0.39, 0.29) is 17.4 Å². The van der Waals surface area contributed by atoms with Gasteiger partial charge in [0.15, 0.2) is 0 Å². The summed E-state index contributed by atoms with van der Waals surface area (Å²) in [7, 11) is 0. The van der Waals surface area contributed by atoms with E-state index < -0.39 is 5.60 Å². The van der Waals surface area contributed by atoms with Gasteiger partial charge < -0.3 is 14.5 Å². The Labute approximate surface area is 133 Å². The lowest BCUT2D eigenvalue weighted by molar-refractivity contribution is 0.0155. The molecule has 2 fully saturated rings. The molecule has 0 N–H and O–H groups in total. The number of ether oxygens (including phenoxy) is 1. The van der Waals surface area contributed by atoms with Crippen LogP contribution in [0.25, 0.3) is 0 Å². The van der Waals surface area contributed by atoms with E-state index in [4.69, 9.17) is 4.74 Å². The van der Waals surface area contributed by atoms with Gasteiger partial charge >= 0.3 is 6.09 Å². The third-order valence-corrected chi connectivity index (χ3v) is 4.31.